The van der Waals surface area contributed by atoms with E-state index < -0.39 is 30.1 Å². The van der Waals surface area contributed by atoms with Crippen molar-refractivity contribution in [3.05, 3.63) is 83.4 Å². The van der Waals surface area contributed by atoms with Crippen molar-refractivity contribution in [3.8, 4) is 0 Å². The molecule has 0 saturated carbocycles. The number of carboxylic acid groups (broad SMARTS) is 2. The zero-order valence-corrected chi connectivity index (χ0v) is 13.2. The molecule has 0 radical (unpaired) electrons. The summed E-state index contributed by atoms with van der Waals surface area (Å²) < 4.78 is 0. The molecule has 0 aliphatic heterocycles. The second-order valence-electron chi connectivity index (χ2n) is 5.56. The fraction of sp³-hybridized carbons (Fsp3) is 0.158. The summed E-state index contributed by atoms with van der Waals surface area (Å²) in [5.74, 6) is -2.90. The molecular weight excluding hydrogens is 324 g/mol. The second-order valence-corrected chi connectivity index (χ2v) is 5.56. The van der Waals surface area contributed by atoms with E-state index in [2.05, 4.69) is 6.58 Å². The van der Waals surface area contributed by atoms with Crippen LogP contribution >= 0.6 is 0 Å². The van der Waals surface area contributed by atoms with Gasteiger partial charge in [-0.1, -0.05) is 30.3 Å². The van der Waals surface area contributed by atoms with Crippen molar-refractivity contribution < 1.29 is 30.0 Å². The molecule has 130 valence electrons. The molecule has 2 atom stereocenters. The Labute approximate surface area is 144 Å². The van der Waals surface area contributed by atoms with Crippen LogP contribution in [0, 0.1) is 5.92 Å². The molecule has 25 heavy (non-hydrogen) atoms. The molecule has 2 aromatic carbocycles. The fourth-order valence-corrected chi connectivity index (χ4v) is 2.52. The molecule has 0 heterocycles. The lowest BCUT2D eigenvalue weighted by Gasteiger charge is -2.25. The molecule has 6 heteroatoms. The van der Waals surface area contributed by atoms with Gasteiger partial charge in [0.15, 0.2) is 0 Å². The Balaban J connectivity index is 2.23. The molecule has 2 unspecified atom stereocenters. The molecule has 6 nitrogen and oxygen atoms in total. The first-order chi connectivity index (χ1) is 11.8. The molecule has 4 N–H and O–H groups in total. The van der Waals surface area contributed by atoms with Crippen LogP contribution in [0.5, 0.6) is 0 Å². The first kappa shape index (κ1) is 18.4. The van der Waals surface area contributed by atoms with Gasteiger partial charge in [0.25, 0.3) is 0 Å². The molecule has 0 saturated heterocycles. The summed E-state index contributed by atoms with van der Waals surface area (Å²) in [6.07, 6.45) is -0.796. The summed E-state index contributed by atoms with van der Waals surface area (Å²) in [5.41, 5.74) is 1.07. The highest BCUT2D eigenvalue weighted by atomic mass is 16.4. The molecule has 0 aliphatic carbocycles. The van der Waals surface area contributed by atoms with Gasteiger partial charge in [-0.2, -0.15) is 0 Å². The summed E-state index contributed by atoms with van der Waals surface area (Å²) in [5, 5.41) is 38.8. The van der Waals surface area contributed by atoms with Gasteiger partial charge in [-0.3, -0.25) is 0 Å². The van der Waals surface area contributed by atoms with Crippen molar-refractivity contribution >= 4 is 11.9 Å². The lowest BCUT2D eigenvalue weighted by molar-refractivity contribution is 0.0351. The van der Waals surface area contributed by atoms with Gasteiger partial charge in [0.05, 0.1) is 23.3 Å². The normalized spacial score (nSPS) is 14.3. The fourth-order valence-electron chi connectivity index (χ4n) is 2.52. The van der Waals surface area contributed by atoms with Gasteiger partial charge in [-0.15, -0.1) is 6.58 Å². The van der Waals surface area contributed by atoms with Crippen LogP contribution in [-0.4, -0.2) is 32.4 Å². The molecule has 0 aromatic heterocycles. The van der Waals surface area contributed by atoms with Gasteiger partial charge in [0.1, 0.15) is 0 Å². The van der Waals surface area contributed by atoms with Crippen molar-refractivity contribution in [3.63, 3.8) is 0 Å². The monoisotopic (exact) mass is 342 g/mol. The van der Waals surface area contributed by atoms with E-state index in [1.807, 2.05) is 0 Å². The van der Waals surface area contributed by atoms with Crippen LogP contribution in [0.2, 0.25) is 0 Å². The average Bonchev–Trinajstić information content (AvgIpc) is 2.62. The summed E-state index contributed by atoms with van der Waals surface area (Å²) in [4.78, 5) is 21.8. The van der Waals surface area contributed by atoms with Gasteiger partial charge in [-0.05, 0) is 35.4 Å². The topological polar surface area (TPSA) is 115 Å². The van der Waals surface area contributed by atoms with Crippen LogP contribution in [-0.2, 0) is 0 Å². The summed E-state index contributed by atoms with van der Waals surface area (Å²) in [6, 6.07) is 11.4. The standard InChI is InChI=1S/C19H18O6/c1-2-15(16(20)11-3-7-13(8-4-11)18(22)23)17(21)12-5-9-14(10-6-12)19(24)25/h2-10,15-17,20-21H,1H2,(H,22,23)(H,24,25). The number of carboxylic acids is 2. The van der Waals surface area contributed by atoms with E-state index in [0.717, 1.165) is 0 Å². The maximum absolute atomic E-state index is 10.9. The molecule has 0 aliphatic rings. The molecule has 0 spiro atoms. The van der Waals surface area contributed by atoms with E-state index in [9.17, 15) is 19.8 Å². The number of rotatable bonds is 7. The van der Waals surface area contributed by atoms with Crippen LogP contribution in [0.25, 0.3) is 0 Å². The number of hydrogen-bond donors (Lipinski definition) is 4. The highest BCUT2D eigenvalue weighted by molar-refractivity contribution is 5.88. The van der Waals surface area contributed by atoms with Gasteiger partial charge in [0.2, 0.25) is 0 Å². The van der Waals surface area contributed by atoms with Crippen LogP contribution in [0.3, 0.4) is 0 Å². The largest absolute Gasteiger partial charge is 0.478 e. The SMILES string of the molecule is C=CC(C(O)c1ccc(C(=O)O)cc1)C(O)c1ccc(C(=O)O)cc1. The number of aliphatic hydroxyl groups excluding tert-OH is 2. The third kappa shape index (κ3) is 4.12. The third-order valence-electron chi connectivity index (χ3n) is 4.00. The summed E-state index contributed by atoms with van der Waals surface area (Å²) in [6.45, 7) is 3.64. The number of aromatic carboxylic acids is 2. The van der Waals surface area contributed by atoms with Crippen LogP contribution in [0.4, 0.5) is 0 Å². The Morgan fingerprint density at radius 2 is 1.08 bits per heavy atom. The van der Waals surface area contributed by atoms with E-state index in [1.165, 1.54) is 54.6 Å². The van der Waals surface area contributed by atoms with Gasteiger partial charge >= 0.3 is 11.9 Å². The van der Waals surface area contributed by atoms with Crippen LogP contribution in [0.1, 0.15) is 44.1 Å². The van der Waals surface area contributed by atoms with Crippen molar-refractivity contribution in [1.29, 1.82) is 0 Å². The summed E-state index contributed by atoms with van der Waals surface area (Å²) in [7, 11) is 0. The summed E-state index contributed by atoms with van der Waals surface area (Å²) >= 11 is 0. The predicted octanol–water partition coefficient (Wildman–Crippen LogP) is 2.65. The number of benzene rings is 2. The molecular formula is C19H18O6. The van der Waals surface area contributed by atoms with Crippen LogP contribution in [0.15, 0.2) is 61.2 Å². The number of aliphatic hydroxyl groups is 2. The Hall–Kier alpha value is -2.96. The van der Waals surface area contributed by atoms with Crippen molar-refractivity contribution in [2.45, 2.75) is 12.2 Å². The van der Waals surface area contributed by atoms with Crippen LogP contribution < -0.4 is 0 Å². The highest BCUT2D eigenvalue weighted by Gasteiger charge is 2.27. The van der Waals surface area contributed by atoms with Crippen molar-refractivity contribution in [2.75, 3.05) is 0 Å². The first-order valence-corrected chi connectivity index (χ1v) is 7.50. The zero-order chi connectivity index (χ0) is 18.6. The van der Waals surface area contributed by atoms with E-state index >= 15 is 0 Å². The van der Waals surface area contributed by atoms with Gasteiger partial charge in [0, 0.05) is 5.92 Å². The minimum absolute atomic E-state index is 0.0934. The molecule has 2 rings (SSSR count). The van der Waals surface area contributed by atoms with E-state index in [4.69, 9.17) is 10.2 Å². The highest BCUT2D eigenvalue weighted by Crippen LogP contribution is 2.34. The maximum atomic E-state index is 10.9. The first-order valence-electron chi connectivity index (χ1n) is 7.50. The van der Waals surface area contributed by atoms with Gasteiger partial charge in [-0.25, -0.2) is 9.59 Å². The molecule has 0 bridgehead atoms. The minimum Gasteiger partial charge on any atom is -0.478 e. The van der Waals surface area contributed by atoms with Crippen molar-refractivity contribution in [1.82, 2.24) is 0 Å². The quantitative estimate of drug-likeness (QED) is 0.575. The minimum atomic E-state index is -1.10. The lowest BCUT2D eigenvalue weighted by Crippen LogP contribution is -2.19. The number of carbonyl (C=O) groups is 2. The zero-order valence-electron chi connectivity index (χ0n) is 13.2. The Kier molecular flexibility index (Phi) is 5.69. The van der Waals surface area contributed by atoms with E-state index in [1.54, 1.807) is 0 Å². The smallest absolute Gasteiger partial charge is 0.335 e. The number of hydrogen-bond acceptors (Lipinski definition) is 4. The van der Waals surface area contributed by atoms with E-state index in [0.29, 0.717) is 11.1 Å². The second kappa shape index (κ2) is 7.74. The van der Waals surface area contributed by atoms with Crippen molar-refractivity contribution in [2.24, 2.45) is 5.92 Å². The molecule has 0 amide bonds. The lowest BCUT2D eigenvalue weighted by atomic mass is 9.87. The molecule has 0 fully saturated rings. The Morgan fingerprint density at radius 3 is 1.32 bits per heavy atom. The Morgan fingerprint density at radius 1 is 0.760 bits per heavy atom. The average molecular weight is 342 g/mol. The van der Waals surface area contributed by atoms with Gasteiger partial charge < -0.3 is 20.4 Å². The van der Waals surface area contributed by atoms with E-state index in [-0.39, 0.29) is 11.1 Å². The Bertz CT molecular complexity index is 700. The maximum Gasteiger partial charge on any atom is 0.335 e. The predicted molar refractivity (Wildman–Crippen MR) is 90.4 cm³/mol. The third-order valence-corrected chi connectivity index (χ3v) is 4.00. The molecule has 2 aromatic rings.